The van der Waals surface area contributed by atoms with Gasteiger partial charge in [0.2, 0.25) is 0 Å². The fraction of sp³-hybridized carbons (Fsp3) is 0.192. The first-order valence-electron chi connectivity index (χ1n) is 10.2. The van der Waals surface area contributed by atoms with Crippen molar-refractivity contribution in [3.8, 4) is 0 Å². The van der Waals surface area contributed by atoms with Crippen LogP contribution in [0.5, 0.6) is 0 Å². The van der Waals surface area contributed by atoms with Gasteiger partial charge in [-0.05, 0) is 80.4 Å². The third-order valence-corrected chi connectivity index (χ3v) is 4.49. The molecule has 0 fully saturated rings. The highest BCUT2D eigenvalue weighted by atomic mass is 19.4. The maximum Gasteiger partial charge on any atom is 0.416 e. The molecule has 0 aliphatic heterocycles. The summed E-state index contributed by atoms with van der Waals surface area (Å²) in [6.07, 6.45) is -0.998. The summed E-state index contributed by atoms with van der Waals surface area (Å²) < 4.78 is 57.0. The number of esters is 1. The molecule has 0 amide bonds. The van der Waals surface area contributed by atoms with Crippen LogP contribution in [0, 0.1) is 5.82 Å². The number of nitrogens with one attached hydrogen (secondary N) is 1. The molecular weight excluding hydrogens is 434 g/mol. The molecular formula is C26H23F4NO2. The average Bonchev–Trinajstić information content (AvgIpc) is 2.72. The van der Waals surface area contributed by atoms with E-state index in [2.05, 4.69) is 5.32 Å². The van der Waals surface area contributed by atoms with Gasteiger partial charge in [-0.3, -0.25) is 0 Å². The van der Waals surface area contributed by atoms with Crippen LogP contribution in [0.3, 0.4) is 0 Å². The Bertz CT molecular complexity index is 1140. The van der Waals surface area contributed by atoms with Gasteiger partial charge < -0.3 is 10.1 Å². The quantitative estimate of drug-likeness (QED) is 0.242. The molecule has 3 aromatic rings. The summed E-state index contributed by atoms with van der Waals surface area (Å²) in [7, 11) is 0. The summed E-state index contributed by atoms with van der Waals surface area (Å²) in [4.78, 5) is 12.7. The average molecular weight is 457 g/mol. The molecule has 0 atom stereocenters. The van der Waals surface area contributed by atoms with Crippen LogP contribution in [0.1, 0.15) is 47.8 Å². The Balaban J connectivity index is 1.90. The SMILES string of the molecule is CC(C)(C)OC(=O)c1ccc(/C=C/c2ccc(C(F)(F)F)cc2)cc1Nc1ccc(F)cc1. The second-order valence-electron chi connectivity index (χ2n) is 8.39. The van der Waals surface area contributed by atoms with Crippen molar-refractivity contribution in [1.29, 1.82) is 0 Å². The smallest absolute Gasteiger partial charge is 0.416 e. The van der Waals surface area contributed by atoms with Crippen LogP contribution in [0.2, 0.25) is 0 Å². The van der Waals surface area contributed by atoms with E-state index in [0.29, 0.717) is 28.1 Å². The zero-order chi connectivity index (χ0) is 24.2. The van der Waals surface area contributed by atoms with Gasteiger partial charge in [0.25, 0.3) is 0 Å². The highest BCUT2D eigenvalue weighted by Crippen LogP contribution is 2.30. The van der Waals surface area contributed by atoms with Gasteiger partial charge in [0.15, 0.2) is 0 Å². The van der Waals surface area contributed by atoms with Crippen LogP contribution >= 0.6 is 0 Å². The van der Waals surface area contributed by atoms with E-state index >= 15 is 0 Å². The molecule has 0 bridgehead atoms. The predicted molar refractivity (Wildman–Crippen MR) is 122 cm³/mol. The van der Waals surface area contributed by atoms with Gasteiger partial charge in [-0.25, -0.2) is 9.18 Å². The summed E-state index contributed by atoms with van der Waals surface area (Å²) in [6, 6.07) is 15.5. The fourth-order valence-corrected chi connectivity index (χ4v) is 2.94. The molecule has 0 aliphatic rings. The van der Waals surface area contributed by atoms with E-state index in [0.717, 1.165) is 12.1 Å². The summed E-state index contributed by atoms with van der Waals surface area (Å²) in [5.74, 6) is -0.911. The summed E-state index contributed by atoms with van der Waals surface area (Å²) in [6.45, 7) is 5.29. The lowest BCUT2D eigenvalue weighted by atomic mass is 10.1. The first-order valence-corrected chi connectivity index (χ1v) is 10.2. The van der Waals surface area contributed by atoms with E-state index in [9.17, 15) is 22.4 Å². The molecule has 3 aromatic carbocycles. The molecule has 33 heavy (non-hydrogen) atoms. The van der Waals surface area contributed by atoms with Crippen molar-refractivity contribution in [1.82, 2.24) is 0 Å². The normalized spacial score (nSPS) is 12.1. The van der Waals surface area contributed by atoms with Crippen molar-refractivity contribution in [3.63, 3.8) is 0 Å². The number of hydrogen-bond donors (Lipinski definition) is 1. The molecule has 0 spiro atoms. The van der Waals surface area contributed by atoms with Crippen molar-refractivity contribution >= 4 is 29.5 Å². The van der Waals surface area contributed by atoms with Crippen LogP contribution in [0.15, 0.2) is 66.7 Å². The standard InChI is InChI=1S/C26H23F4NO2/c1-25(2,3)33-24(32)22-15-8-18(16-23(22)31-21-13-11-20(27)12-14-21)5-4-17-6-9-19(10-7-17)26(28,29)30/h4-16,31H,1-3H3/b5-4+. The lowest BCUT2D eigenvalue weighted by Crippen LogP contribution is -2.24. The first kappa shape index (κ1) is 24.0. The number of carbonyl (C=O) groups excluding carboxylic acids is 1. The van der Waals surface area contributed by atoms with Gasteiger partial charge in [-0.15, -0.1) is 0 Å². The molecule has 0 radical (unpaired) electrons. The Kier molecular flexibility index (Phi) is 6.91. The maximum absolute atomic E-state index is 13.3. The van der Waals surface area contributed by atoms with Crippen LogP contribution < -0.4 is 5.32 Å². The third kappa shape index (κ3) is 6.94. The summed E-state index contributed by atoms with van der Waals surface area (Å²) >= 11 is 0. The molecule has 0 aromatic heterocycles. The molecule has 7 heteroatoms. The maximum atomic E-state index is 13.3. The lowest BCUT2D eigenvalue weighted by molar-refractivity contribution is -0.137. The number of hydrogen-bond acceptors (Lipinski definition) is 3. The van der Waals surface area contributed by atoms with Gasteiger partial charge in [0, 0.05) is 5.69 Å². The van der Waals surface area contributed by atoms with Crippen molar-refractivity contribution in [2.75, 3.05) is 5.32 Å². The molecule has 0 heterocycles. The van der Waals surface area contributed by atoms with Gasteiger partial charge in [-0.2, -0.15) is 13.2 Å². The second kappa shape index (κ2) is 9.48. The number of rotatable bonds is 5. The number of ether oxygens (including phenoxy) is 1. The van der Waals surface area contributed by atoms with Gasteiger partial charge in [0.05, 0.1) is 16.8 Å². The topological polar surface area (TPSA) is 38.3 Å². The van der Waals surface area contributed by atoms with Crippen LogP contribution in [-0.4, -0.2) is 11.6 Å². The summed E-state index contributed by atoms with van der Waals surface area (Å²) in [5.41, 5.74) is 1.20. The van der Waals surface area contributed by atoms with Gasteiger partial charge in [0.1, 0.15) is 11.4 Å². The number of halogens is 4. The Morgan fingerprint density at radius 2 is 1.42 bits per heavy atom. The van der Waals surface area contributed by atoms with Crippen molar-refractivity contribution in [2.24, 2.45) is 0 Å². The largest absolute Gasteiger partial charge is 0.456 e. The highest BCUT2D eigenvalue weighted by molar-refractivity contribution is 5.97. The molecule has 0 saturated carbocycles. The van der Waals surface area contributed by atoms with Gasteiger partial charge in [-0.1, -0.05) is 30.4 Å². The van der Waals surface area contributed by atoms with E-state index in [1.54, 1.807) is 63.3 Å². The zero-order valence-electron chi connectivity index (χ0n) is 18.3. The molecule has 0 aliphatic carbocycles. The van der Waals surface area contributed by atoms with E-state index < -0.39 is 23.3 Å². The summed E-state index contributed by atoms with van der Waals surface area (Å²) in [5, 5.41) is 3.10. The highest BCUT2D eigenvalue weighted by Gasteiger charge is 2.29. The van der Waals surface area contributed by atoms with Crippen LogP contribution in [0.4, 0.5) is 28.9 Å². The number of alkyl halides is 3. The van der Waals surface area contributed by atoms with E-state index in [1.807, 2.05) is 0 Å². The van der Waals surface area contributed by atoms with Crippen LogP contribution in [0.25, 0.3) is 12.2 Å². The molecule has 0 saturated heterocycles. The molecule has 3 rings (SSSR count). The minimum absolute atomic E-state index is 0.293. The predicted octanol–water partition coefficient (Wildman–Crippen LogP) is 7.71. The Labute approximate surface area is 189 Å². The van der Waals surface area contributed by atoms with E-state index in [1.165, 1.54) is 24.3 Å². The molecule has 0 unspecified atom stereocenters. The van der Waals surface area contributed by atoms with Crippen molar-refractivity contribution in [2.45, 2.75) is 32.5 Å². The van der Waals surface area contributed by atoms with E-state index in [-0.39, 0.29) is 5.82 Å². The fourth-order valence-electron chi connectivity index (χ4n) is 2.94. The van der Waals surface area contributed by atoms with Gasteiger partial charge >= 0.3 is 12.1 Å². The number of anilines is 2. The zero-order valence-corrected chi connectivity index (χ0v) is 18.3. The van der Waals surface area contributed by atoms with Crippen LogP contribution in [-0.2, 0) is 10.9 Å². The monoisotopic (exact) mass is 457 g/mol. The second-order valence-corrected chi connectivity index (χ2v) is 8.39. The number of carbonyl (C=O) groups is 1. The van der Waals surface area contributed by atoms with Crippen molar-refractivity contribution in [3.05, 3.63) is 94.8 Å². The molecule has 3 nitrogen and oxygen atoms in total. The van der Waals surface area contributed by atoms with E-state index in [4.69, 9.17) is 4.74 Å². The Morgan fingerprint density at radius 3 is 2.00 bits per heavy atom. The third-order valence-electron chi connectivity index (χ3n) is 4.49. The van der Waals surface area contributed by atoms with Crippen molar-refractivity contribution < 1.29 is 27.1 Å². The minimum atomic E-state index is -4.39. The minimum Gasteiger partial charge on any atom is -0.456 e. The Hall–Kier alpha value is -3.61. The molecule has 172 valence electrons. The Morgan fingerprint density at radius 1 is 0.848 bits per heavy atom. The number of benzene rings is 3. The molecule has 1 N–H and O–H groups in total. The first-order chi connectivity index (χ1) is 15.4. The lowest BCUT2D eigenvalue weighted by Gasteiger charge is -2.21.